The molecule has 0 spiro atoms. The van der Waals surface area contributed by atoms with Crippen LogP contribution in [0.5, 0.6) is 0 Å². The molecule has 2 rings (SSSR count). The second-order valence-electron chi connectivity index (χ2n) is 5.61. The first-order chi connectivity index (χ1) is 9.33. The van der Waals surface area contributed by atoms with Gasteiger partial charge in [0.2, 0.25) is 0 Å². The summed E-state index contributed by atoms with van der Waals surface area (Å²) in [5, 5.41) is 12.6. The average molecular weight is 256 g/mol. The van der Waals surface area contributed by atoms with Gasteiger partial charge < -0.3 is 5.32 Å². The summed E-state index contributed by atoms with van der Waals surface area (Å²) in [4.78, 5) is 0. The molecule has 0 aromatic heterocycles. The Bertz CT molecular complexity index is 427. The summed E-state index contributed by atoms with van der Waals surface area (Å²) in [6, 6.07) is 10.8. The highest BCUT2D eigenvalue weighted by Crippen LogP contribution is 2.27. The number of hydrogen-bond acceptors (Lipinski definition) is 2. The molecule has 1 atom stereocenters. The van der Waals surface area contributed by atoms with Crippen molar-refractivity contribution in [1.29, 1.82) is 5.26 Å². The lowest BCUT2D eigenvalue weighted by atomic mass is 9.83. The van der Waals surface area contributed by atoms with Gasteiger partial charge in [-0.3, -0.25) is 0 Å². The van der Waals surface area contributed by atoms with Gasteiger partial charge in [0.15, 0.2) is 0 Å². The lowest BCUT2D eigenvalue weighted by molar-refractivity contribution is 0.262. The van der Waals surface area contributed by atoms with Crippen molar-refractivity contribution in [3.05, 3.63) is 35.4 Å². The monoisotopic (exact) mass is 256 g/mol. The van der Waals surface area contributed by atoms with Crippen molar-refractivity contribution in [2.45, 2.75) is 58.0 Å². The van der Waals surface area contributed by atoms with Crippen molar-refractivity contribution in [2.24, 2.45) is 5.92 Å². The Balaban J connectivity index is 1.90. The van der Waals surface area contributed by atoms with E-state index in [0.717, 1.165) is 18.0 Å². The Morgan fingerprint density at radius 3 is 2.79 bits per heavy atom. The normalized spacial score (nSPS) is 17.9. The summed E-state index contributed by atoms with van der Waals surface area (Å²) in [5.74, 6) is 0.845. The largest absolute Gasteiger partial charge is 0.310 e. The number of hydrogen-bond donors (Lipinski definition) is 1. The Morgan fingerprint density at radius 2 is 2.11 bits per heavy atom. The first-order valence-electron chi connectivity index (χ1n) is 7.56. The second-order valence-corrected chi connectivity index (χ2v) is 5.61. The fourth-order valence-corrected chi connectivity index (χ4v) is 3.18. The van der Waals surface area contributed by atoms with Crippen LogP contribution in [0.1, 0.15) is 56.6 Å². The van der Waals surface area contributed by atoms with Gasteiger partial charge >= 0.3 is 0 Å². The summed E-state index contributed by atoms with van der Waals surface area (Å²) < 4.78 is 0. The molecule has 1 fully saturated rings. The van der Waals surface area contributed by atoms with E-state index >= 15 is 0 Å². The maximum Gasteiger partial charge on any atom is 0.0991 e. The molecule has 0 amide bonds. The zero-order valence-electron chi connectivity index (χ0n) is 11.9. The van der Waals surface area contributed by atoms with E-state index in [1.807, 2.05) is 18.2 Å². The minimum absolute atomic E-state index is 0.631. The van der Waals surface area contributed by atoms with Gasteiger partial charge in [-0.2, -0.15) is 5.26 Å². The molecule has 0 aliphatic heterocycles. The highest BCUT2D eigenvalue weighted by atomic mass is 14.9. The van der Waals surface area contributed by atoms with E-state index in [0.29, 0.717) is 6.04 Å². The smallest absolute Gasteiger partial charge is 0.0991 e. The van der Waals surface area contributed by atoms with Crippen LogP contribution in [0.2, 0.25) is 0 Å². The van der Waals surface area contributed by atoms with Crippen molar-refractivity contribution in [2.75, 3.05) is 0 Å². The van der Waals surface area contributed by atoms with Gasteiger partial charge in [0.1, 0.15) is 0 Å². The van der Waals surface area contributed by atoms with Crippen LogP contribution in [-0.2, 0) is 6.54 Å². The second kappa shape index (κ2) is 7.31. The summed E-state index contributed by atoms with van der Waals surface area (Å²) in [7, 11) is 0. The van der Waals surface area contributed by atoms with Gasteiger partial charge in [-0.05, 0) is 42.9 Å². The number of nitriles is 1. The van der Waals surface area contributed by atoms with Crippen LogP contribution in [0.3, 0.4) is 0 Å². The van der Waals surface area contributed by atoms with Crippen LogP contribution in [0.15, 0.2) is 24.3 Å². The molecule has 1 aromatic carbocycles. The quantitative estimate of drug-likeness (QED) is 0.864. The topological polar surface area (TPSA) is 35.8 Å². The Kier molecular flexibility index (Phi) is 5.42. The molecule has 1 N–H and O–H groups in total. The van der Waals surface area contributed by atoms with Crippen LogP contribution in [0, 0.1) is 17.2 Å². The van der Waals surface area contributed by atoms with E-state index in [1.165, 1.54) is 44.1 Å². The fourth-order valence-electron chi connectivity index (χ4n) is 3.18. The van der Waals surface area contributed by atoms with Crippen LogP contribution in [-0.4, -0.2) is 6.04 Å². The molecule has 0 saturated heterocycles. The summed E-state index contributed by atoms with van der Waals surface area (Å²) >= 11 is 0. The van der Waals surface area contributed by atoms with Gasteiger partial charge in [0.25, 0.3) is 0 Å². The molecule has 0 bridgehead atoms. The zero-order chi connectivity index (χ0) is 13.5. The molecule has 0 radical (unpaired) electrons. The average Bonchev–Trinajstić information content (AvgIpc) is 2.49. The Hall–Kier alpha value is -1.33. The minimum Gasteiger partial charge on any atom is -0.310 e. The van der Waals surface area contributed by atoms with Crippen LogP contribution < -0.4 is 5.32 Å². The van der Waals surface area contributed by atoms with Gasteiger partial charge in [0.05, 0.1) is 11.6 Å². The first kappa shape index (κ1) is 14.1. The van der Waals surface area contributed by atoms with Gasteiger partial charge in [0, 0.05) is 12.6 Å². The predicted octanol–water partition coefficient (Wildman–Crippen LogP) is 4.01. The summed E-state index contributed by atoms with van der Waals surface area (Å²) in [6.07, 6.45) is 8.16. The molecule has 1 aromatic rings. The molecule has 1 aliphatic carbocycles. The van der Waals surface area contributed by atoms with Crippen molar-refractivity contribution in [3.63, 3.8) is 0 Å². The van der Waals surface area contributed by atoms with E-state index in [4.69, 9.17) is 5.26 Å². The summed E-state index contributed by atoms with van der Waals surface area (Å²) in [6.45, 7) is 3.16. The number of nitrogens with one attached hydrogen (secondary N) is 1. The predicted molar refractivity (Wildman–Crippen MR) is 78.7 cm³/mol. The number of rotatable bonds is 5. The molecule has 1 aliphatic rings. The molecule has 1 saturated carbocycles. The molecular formula is C17H24N2. The molecule has 19 heavy (non-hydrogen) atoms. The van der Waals surface area contributed by atoms with Crippen LogP contribution in [0.4, 0.5) is 0 Å². The standard InChI is InChI=1S/C17H24N2/c1-2-17(16-9-4-3-5-10-16)19-13-15-8-6-7-14(11-15)12-18/h6-8,11,16-17,19H,2-5,9-10,13H2,1H3. The first-order valence-corrected chi connectivity index (χ1v) is 7.56. The van der Waals surface area contributed by atoms with Gasteiger partial charge in [-0.1, -0.05) is 38.3 Å². The SMILES string of the molecule is CCC(NCc1cccc(C#N)c1)C1CCCCC1. The molecule has 0 heterocycles. The van der Waals surface area contributed by atoms with Crippen molar-refractivity contribution in [1.82, 2.24) is 5.32 Å². The van der Waals surface area contributed by atoms with E-state index in [1.54, 1.807) is 0 Å². The third-order valence-corrected chi connectivity index (χ3v) is 4.28. The van der Waals surface area contributed by atoms with E-state index < -0.39 is 0 Å². The third-order valence-electron chi connectivity index (χ3n) is 4.28. The molecule has 2 heteroatoms. The van der Waals surface area contributed by atoms with E-state index in [-0.39, 0.29) is 0 Å². The Labute approximate surface area is 116 Å². The van der Waals surface area contributed by atoms with E-state index in [2.05, 4.69) is 24.4 Å². The van der Waals surface area contributed by atoms with Gasteiger partial charge in [-0.25, -0.2) is 0 Å². The highest BCUT2D eigenvalue weighted by Gasteiger charge is 2.21. The molecule has 102 valence electrons. The van der Waals surface area contributed by atoms with Crippen LogP contribution >= 0.6 is 0 Å². The molecule has 2 nitrogen and oxygen atoms in total. The lowest BCUT2D eigenvalue weighted by Gasteiger charge is -2.30. The zero-order valence-corrected chi connectivity index (χ0v) is 11.9. The summed E-state index contributed by atoms with van der Waals surface area (Å²) in [5.41, 5.74) is 1.97. The molecule has 1 unspecified atom stereocenters. The number of benzene rings is 1. The lowest BCUT2D eigenvalue weighted by Crippen LogP contribution is -2.36. The minimum atomic E-state index is 0.631. The van der Waals surface area contributed by atoms with Crippen LogP contribution in [0.25, 0.3) is 0 Å². The number of nitrogens with zero attached hydrogens (tertiary/aromatic N) is 1. The van der Waals surface area contributed by atoms with Crippen molar-refractivity contribution in [3.8, 4) is 6.07 Å². The maximum absolute atomic E-state index is 8.92. The van der Waals surface area contributed by atoms with E-state index in [9.17, 15) is 0 Å². The maximum atomic E-state index is 8.92. The van der Waals surface area contributed by atoms with Crippen molar-refractivity contribution >= 4 is 0 Å². The van der Waals surface area contributed by atoms with Crippen molar-refractivity contribution < 1.29 is 0 Å². The fraction of sp³-hybridized carbons (Fsp3) is 0.588. The van der Waals surface area contributed by atoms with Gasteiger partial charge in [-0.15, -0.1) is 0 Å². The highest BCUT2D eigenvalue weighted by molar-refractivity contribution is 5.32. The third kappa shape index (κ3) is 4.08. The molecular weight excluding hydrogens is 232 g/mol. The Morgan fingerprint density at radius 1 is 1.32 bits per heavy atom.